The summed E-state index contributed by atoms with van der Waals surface area (Å²) in [6, 6.07) is 12.6. The lowest BCUT2D eigenvalue weighted by atomic mass is 10.1. The van der Waals surface area contributed by atoms with E-state index in [4.69, 9.17) is 21.1 Å². The van der Waals surface area contributed by atoms with Crippen LogP contribution < -0.4 is 14.8 Å². The first kappa shape index (κ1) is 12.8. The van der Waals surface area contributed by atoms with Gasteiger partial charge in [-0.25, -0.2) is 0 Å². The highest BCUT2D eigenvalue weighted by Gasteiger charge is 2.18. The molecule has 4 nitrogen and oxygen atoms in total. The Morgan fingerprint density at radius 2 is 2.05 bits per heavy atom. The van der Waals surface area contributed by atoms with Gasteiger partial charge in [-0.1, -0.05) is 29.8 Å². The van der Waals surface area contributed by atoms with Crippen molar-refractivity contribution >= 4 is 23.2 Å². The molecule has 1 amide bonds. The first-order chi connectivity index (χ1) is 9.72. The Balaban J connectivity index is 1.72. The van der Waals surface area contributed by atoms with Gasteiger partial charge in [0.05, 0.1) is 6.42 Å². The van der Waals surface area contributed by atoms with Crippen LogP contribution in [0.2, 0.25) is 5.02 Å². The number of anilines is 1. The highest BCUT2D eigenvalue weighted by Crippen LogP contribution is 2.35. The summed E-state index contributed by atoms with van der Waals surface area (Å²) in [6.07, 6.45) is 0.221. The average molecular weight is 290 g/mol. The number of ether oxygens (including phenoxy) is 2. The predicted molar refractivity (Wildman–Crippen MR) is 76.4 cm³/mol. The summed E-state index contributed by atoms with van der Waals surface area (Å²) in [6.45, 7) is 0.197. The van der Waals surface area contributed by atoms with Crippen LogP contribution in [0.4, 0.5) is 5.69 Å². The Kier molecular flexibility index (Phi) is 3.48. The molecule has 20 heavy (non-hydrogen) atoms. The second kappa shape index (κ2) is 5.43. The Labute approximate surface area is 121 Å². The zero-order valence-electron chi connectivity index (χ0n) is 10.6. The molecule has 0 unspecified atom stereocenters. The van der Waals surface area contributed by atoms with Gasteiger partial charge in [-0.15, -0.1) is 0 Å². The van der Waals surface area contributed by atoms with E-state index in [1.165, 1.54) is 0 Å². The molecule has 0 saturated carbocycles. The van der Waals surface area contributed by atoms with E-state index >= 15 is 0 Å². The van der Waals surface area contributed by atoms with E-state index < -0.39 is 0 Å². The molecule has 0 saturated heterocycles. The summed E-state index contributed by atoms with van der Waals surface area (Å²) in [7, 11) is 0. The van der Waals surface area contributed by atoms with Crippen molar-refractivity contribution in [2.45, 2.75) is 6.42 Å². The van der Waals surface area contributed by atoms with Gasteiger partial charge in [-0.3, -0.25) is 4.79 Å². The minimum Gasteiger partial charge on any atom is -0.454 e. The van der Waals surface area contributed by atoms with Gasteiger partial charge < -0.3 is 14.8 Å². The lowest BCUT2D eigenvalue weighted by Gasteiger charge is -2.07. The van der Waals surface area contributed by atoms with Crippen molar-refractivity contribution in [1.29, 1.82) is 0 Å². The van der Waals surface area contributed by atoms with E-state index in [0.29, 0.717) is 22.2 Å². The third-order valence-electron chi connectivity index (χ3n) is 2.94. The molecule has 0 bridgehead atoms. The summed E-state index contributed by atoms with van der Waals surface area (Å²) in [5, 5.41) is 3.39. The number of carbonyl (C=O) groups excluding carboxylic acids is 1. The van der Waals surface area contributed by atoms with Crippen molar-refractivity contribution in [3.05, 3.63) is 53.1 Å². The topological polar surface area (TPSA) is 47.6 Å². The maximum Gasteiger partial charge on any atom is 0.231 e. The molecule has 1 heterocycles. The molecule has 0 aromatic heterocycles. The largest absolute Gasteiger partial charge is 0.454 e. The van der Waals surface area contributed by atoms with E-state index in [-0.39, 0.29) is 19.1 Å². The molecule has 0 aliphatic carbocycles. The van der Waals surface area contributed by atoms with E-state index in [1.807, 2.05) is 18.2 Å². The summed E-state index contributed by atoms with van der Waals surface area (Å²) >= 11 is 5.88. The quantitative estimate of drug-likeness (QED) is 0.943. The Bertz CT molecular complexity index is 657. The highest BCUT2D eigenvalue weighted by atomic mass is 35.5. The fourth-order valence-corrected chi connectivity index (χ4v) is 2.26. The molecule has 2 aromatic carbocycles. The molecular formula is C15H12ClNO3. The van der Waals surface area contributed by atoms with Gasteiger partial charge in [-0.2, -0.15) is 0 Å². The molecule has 0 spiro atoms. The van der Waals surface area contributed by atoms with Crippen molar-refractivity contribution in [1.82, 2.24) is 0 Å². The Hall–Kier alpha value is -2.20. The van der Waals surface area contributed by atoms with Crippen LogP contribution in [0.25, 0.3) is 0 Å². The van der Waals surface area contributed by atoms with Gasteiger partial charge in [-0.05, 0) is 24.3 Å². The zero-order valence-corrected chi connectivity index (χ0v) is 11.3. The number of hydrogen-bond donors (Lipinski definition) is 1. The number of hydrogen-bond acceptors (Lipinski definition) is 3. The van der Waals surface area contributed by atoms with E-state index in [2.05, 4.69) is 5.32 Å². The molecular weight excluding hydrogens is 278 g/mol. The lowest BCUT2D eigenvalue weighted by molar-refractivity contribution is -0.115. The van der Waals surface area contributed by atoms with E-state index in [1.54, 1.807) is 24.3 Å². The minimum atomic E-state index is -0.129. The molecule has 0 fully saturated rings. The van der Waals surface area contributed by atoms with Gasteiger partial charge >= 0.3 is 0 Å². The maximum atomic E-state index is 12.0. The maximum absolute atomic E-state index is 12.0. The fraction of sp³-hybridized carbons (Fsp3) is 0.133. The minimum absolute atomic E-state index is 0.129. The molecule has 0 radical (unpaired) electrons. The summed E-state index contributed by atoms with van der Waals surface area (Å²) in [5.41, 5.74) is 1.48. The van der Waals surface area contributed by atoms with Gasteiger partial charge in [0.25, 0.3) is 0 Å². The number of carbonyl (C=O) groups is 1. The normalized spacial score (nSPS) is 12.2. The monoisotopic (exact) mass is 289 g/mol. The lowest BCUT2D eigenvalue weighted by Crippen LogP contribution is -2.14. The third-order valence-corrected chi connectivity index (χ3v) is 3.17. The van der Waals surface area contributed by atoms with Crippen molar-refractivity contribution in [2.75, 3.05) is 12.1 Å². The van der Waals surface area contributed by atoms with Crippen LogP contribution in [-0.4, -0.2) is 12.7 Å². The number of para-hydroxylation sites is 1. The second-order valence-electron chi connectivity index (χ2n) is 4.39. The Morgan fingerprint density at radius 1 is 1.20 bits per heavy atom. The first-order valence-electron chi connectivity index (χ1n) is 6.15. The predicted octanol–water partition coefficient (Wildman–Crippen LogP) is 3.25. The van der Waals surface area contributed by atoms with Gasteiger partial charge in [0.1, 0.15) is 0 Å². The van der Waals surface area contributed by atoms with Crippen LogP contribution in [0, 0.1) is 0 Å². The second-order valence-corrected chi connectivity index (χ2v) is 4.82. The standard InChI is InChI=1S/C15H12ClNO3/c16-11-4-2-5-12(8-11)17-14(18)7-10-3-1-6-13-15(10)20-9-19-13/h1-6,8H,7,9H2,(H,17,18). The number of fused-ring (bicyclic) bond motifs is 1. The molecule has 102 valence electrons. The molecule has 1 N–H and O–H groups in total. The molecule has 1 aliphatic rings. The van der Waals surface area contributed by atoms with Crippen LogP contribution in [-0.2, 0) is 11.2 Å². The molecule has 0 atom stereocenters. The smallest absolute Gasteiger partial charge is 0.231 e. The number of benzene rings is 2. The van der Waals surface area contributed by atoms with Gasteiger partial charge in [0, 0.05) is 16.3 Å². The summed E-state index contributed by atoms with van der Waals surface area (Å²) < 4.78 is 10.7. The van der Waals surface area contributed by atoms with Crippen molar-refractivity contribution in [2.24, 2.45) is 0 Å². The third kappa shape index (κ3) is 2.70. The summed E-state index contributed by atoms with van der Waals surface area (Å²) in [5.74, 6) is 1.20. The number of amides is 1. The number of nitrogens with one attached hydrogen (secondary N) is 1. The van der Waals surface area contributed by atoms with Crippen LogP contribution in [0.5, 0.6) is 11.5 Å². The molecule has 5 heteroatoms. The van der Waals surface area contributed by atoms with Crippen molar-refractivity contribution in [3.63, 3.8) is 0 Å². The molecule has 1 aliphatic heterocycles. The first-order valence-corrected chi connectivity index (χ1v) is 6.53. The van der Waals surface area contributed by atoms with Gasteiger partial charge in [0.15, 0.2) is 11.5 Å². The van der Waals surface area contributed by atoms with Crippen LogP contribution >= 0.6 is 11.6 Å². The molecule has 2 aromatic rings. The van der Waals surface area contributed by atoms with Crippen LogP contribution in [0.1, 0.15) is 5.56 Å². The summed E-state index contributed by atoms with van der Waals surface area (Å²) in [4.78, 5) is 12.0. The van der Waals surface area contributed by atoms with Crippen molar-refractivity contribution in [3.8, 4) is 11.5 Å². The Morgan fingerprint density at radius 3 is 2.90 bits per heavy atom. The van der Waals surface area contributed by atoms with E-state index in [9.17, 15) is 4.79 Å². The average Bonchev–Trinajstić information content (AvgIpc) is 2.88. The number of rotatable bonds is 3. The van der Waals surface area contributed by atoms with Crippen LogP contribution in [0.3, 0.4) is 0 Å². The molecule has 3 rings (SSSR count). The highest BCUT2D eigenvalue weighted by molar-refractivity contribution is 6.30. The van der Waals surface area contributed by atoms with Gasteiger partial charge in [0.2, 0.25) is 12.7 Å². The van der Waals surface area contributed by atoms with Crippen molar-refractivity contribution < 1.29 is 14.3 Å². The SMILES string of the molecule is O=C(Cc1cccc2c1OCO2)Nc1cccc(Cl)c1. The zero-order chi connectivity index (χ0) is 13.9. The fourth-order valence-electron chi connectivity index (χ4n) is 2.07. The van der Waals surface area contributed by atoms with E-state index in [0.717, 1.165) is 5.56 Å². The number of halogens is 1. The van der Waals surface area contributed by atoms with Crippen LogP contribution in [0.15, 0.2) is 42.5 Å².